The third-order valence-electron chi connectivity index (χ3n) is 5.03. The Morgan fingerprint density at radius 3 is 2.68 bits per heavy atom. The number of nitriles is 1. The van der Waals surface area contributed by atoms with Gasteiger partial charge >= 0.3 is 5.97 Å². The van der Waals surface area contributed by atoms with E-state index in [1.54, 1.807) is 18.2 Å². The Balaban J connectivity index is 2.55. The second kappa shape index (κ2) is 7.30. The molecule has 2 rings (SSSR count). The van der Waals surface area contributed by atoms with Gasteiger partial charge in [0.25, 0.3) is 0 Å². The van der Waals surface area contributed by atoms with Crippen LogP contribution in [0.2, 0.25) is 0 Å². The summed E-state index contributed by atoms with van der Waals surface area (Å²) in [7, 11) is 1.44. The molecule has 0 heterocycles. The number of rotatable bonds is 6. The highest BCUT2D eigenvalue weighted by Crippen LogP contribution is 2.75. The fourth-order valence-electron chi connectivity index (χ4n) is 3.76. The molecule has 3 unspecified atom stereocenters. The van der Waals surface area contributed by atoms with Crippen LogP contribution in [-0.4, -0.2) is 24.4 Å². The number of carboxylic acid groups (broad SMARTS) is 1. The minimum atomic E-state index is -1.20. The van der Waals surface area contributed by atoms with Gasteiger partial charge in [0.1, 0.15) is 12.5 Å². The number of nitrogens with zero attached hydrogens (tertiary/aromatic N) is 2. The lowest BCUT2D eigenvalue weighted by atomic mass is 9.78. The number of hydrogen-bond donors (Lipinski definition) is 1. The van der Waals surface area contributed by atoms with Crippen LogP contribution in [0.1, 0.15) is 30.9 Å². The molecule has 25 heavy (non-hydrogen) atoms. The van der Waals surface area contributed by atoms with Crippen molar-refractivity contribution in [2.45, 2.75) is 19.8 Å². The second-order valence-electron chi connectivity index (χ2n) is 6.48. The smallest absolute Gasteiger partial charge is 0.312 e. The molecular weight excluding hydrogens is 452 g/mol. The Labute approximate surface area is 163 Å². The largest absolute Gasteiger partial charge is 0.481 e. The zero-order valence-corrected chi connectivity index (χ0v) is 17.2. The SMILES string of the molecule is CON=Cc1cccc(C(C#N)C2(C(=O)O)C(C=C(Br)Br)C2(C)C)c1. The molecule has 0 aromatic heterocycles. The summed E-state index contributed by atoms with van der Waals surface area (Å²) in [6.45, 7) is 3.76. The lowest BCUT2D eigenvalue weighted by molar-refractivity contribution is -0.145. The van der Waals surface area contributed by atoms with Crippen molar-refractivity contribution in [1.82, 2.24) is 0 Å². The molecule has 132 valence electrons. The summed E-state index contributed by atoms with van der Waals surface area (Å²) in [4.78, 5) is 16.9. The van der Waals surface area contributed by atoms with E-state index in [1.165, 1.54) is 13.3 Å². The normalized spacial score (nSPS) is 25.0. The number of hydrogen-bond acceptors (Lipinski definition) is 4. The monoisotopic (exact) mass is 468 g/mol. The molecule has 0 radical (unpaired) electrons. The highest BCUT2D eigenvalue weighted by Gasteiger charge is 2.78. The van der Waals surface area contributed by atoms with Gasteiger partial charge in [-0.2, -0.15) is 5.26 Å². The van der Waals surface area contributed by atoms with Gasteiger partial charge in [-0.15, -0.1) is 0 Å². The van der Waals surface area contributed by atoms with Crippen molar-refractivity contribution in [3.05, 3.63) is 44.9 Å². The number of carbonyl (C=O) groups is 1. The third-order valence-corrected chi connectivity index (χ3v) is 5.56. The van der Waals surface area contributed by atoms with E-state index in [9.17, 15) is 15.2 Å². The van der Waals surface area contributed by atoms with Crippen molar-refractivity contribution in [3.8, 4) is 6.07 Å². The zero-order valence-electron chi connectivity index (χ0n) is 14.0. The molecule has 1 N–H and O–H groups in total. The quantitative estimate of drug-likeness (QED) is 0.486. The maximum Gasteiger partial charge on any atom is 0.312 e. The number of aliphatic carboxylic acids is 1. The van der Waals surface area contributed by atoms with E-state index in [0.29, 0.717) is 8.96 Å². The Kier molecular flexibility index (Phi) is 5.75. The van der Waals surface area contributed by atoms with Gasteiger partial charge in [0.15, 0.2) is 0 Å². The molecule has 1 saturated carbocycles. The van der Waals surface area contributed by atoms with Crippen molar-refractivity contribution in [2.75, 3.05) is 7.11 Å². The standard InChI is InChI=1S/C18H18Br2N2O3/c1-17(2)14(8-15(19)20)18(17,16(23)24)13(9-21)12-6-4-5-11(7-12)10-22-25-3/h4-8,10,13-14H,1-3H3,(H,23,24). The van der Waals surface area contributed by atoms with Crippen molar-refractivity contribution in [2.24, 2.45) is 21.9 Å². The van der Waals surface area contributed by atoms with E-state index in [0.717, 1.165) is 5.56 Å². The fraction of sp³-hybridized carbons (Fsp3) is 0.389. The number of benzene rings is 1. The van der Waals surface area contributed by atoms with E-state index >= 15 is 0 Å². The van der Waals surface area contributed by atoms with Crippen LogP contribution in [0.3, 0.4) is 0 Å². The molecule has 1 fully saturated rings. The van der Waals surface area contributed by atoms with Crippen LogP contribution >= 0.6 is 31.9 Å². The van der Waals surface area contributed by atoms with Gasteiger partial charge in [0.05, 0.1) is 21.6 Å². The number of oxime groups is 1. The Hall–Kier alpha value is -1.65. The highest BCUT2D eigenvalue weighted by molar-refractivity contribution is 9.28. The second-order valence-corrected chi connectivity index (χ2v) is 9.25. The first-order valence-corrected chi connectivity index (χ1v) is 9.14. The molecule has 0 aliphatic heterocycles. The highest BCUT2D eigenvalue weighted by atomic mass is 79.9. The van der Waals surface area contributed by atoms with Gasteiger partial charge in [0.2, 0.25) is 0 Å². The van der Waals surface area contributed by atoms with Gasteiger partial charge in [-0.1, -0.05) is 43.3 Å². The zero-order chi connectivity index (χ0) is 18.8. The summed E-state index contributed by atoms with van der Waals surface area (Å²) >= 11 is 6.61. The van der Waals surface area contributed by atoms with Crippen LogP contribution in [0.5, 0.6) is 0 Å². The molecule has 1 aliphatic rings. The van der Waals surface area contributed by atoms with Crippen molar-refractivity contribution in [1.29, 1.82) is 5.26 Å². The molecule has 5 nitrogen and oxygen atoms in total. The van der Waals surface area contributed by atoms with Crippen LogP contribution in [0, 0.1) is 28.1 Å². The summed E-state index contributed by atoms with van der Waals surface area (Å²) in [6.07, 6.45) is 3.34. The summed E-state index contributed by atoms with van der Waals surface area (Å²) < 4.78 is 0.680. The van der Waals surface area contributed by atoms with Crippen LogP contribution in [0.25, 0.3) is 0 Å². The number of allylic oxidation sites excluding steroid dienone is 1. The van der Waals surface area contributed by atoms with E-state index in [2.05, 4.69) is 47.9 Å². The van der Waals surface area contributed by atoms with Gasteiger partial charge in [-0.25, -0.2) is 0 Å². The minimum absolute atomic E-state index is 0.285. The first kappa shape index (κ1) is 19.7. The van der Waals surface area contributed by atoms with Crippen LogP contribution in [0.15, 0.2) is 38.9 Å². The molecule has 0 spiro atoms. The minimum Gasteiger partial charge on any atom is -0.481 e. The number of carboxylic acids is 1. The first-order valence-electron chi connectivity index (χ1n) is 7.55. The molecule has 1 aromatic rings. The number of halogens is 2. The van der Waals surface area contributed by atoms with Crippen LogP contribution < -0.4 is 0 Å². The topological polar surface area (TPSA) is 82.7 Å². The average Bonchev–Trinajstić information content (AvgIpc) is 3.02. The van der Waals surface area contributed by atoms with E-state index in [4.69, 9.17) is 0 Å². The molecule has 0 amide bonds. The van der Waals surface area contributed by atoms with Crippen LogP contribution in [0.4, 0.5) is 0 Å². The third kappa shape index (κ3) is 3.25. The summed E-state index contributed by atoms with van der Waals surface area (Å²) in [5.74, 6) is -2.05. The van der Waals surface area contributed by atoms with Gasteiger partial charge < -0.3 is 9.94 Å². The first-order chi connectivity index (χ1) is 11.7. The predicted octanol–water partition coefficient (Wildman–Crippen LogP) is 4.63. The maximum absolute atomic E-state index is 12.3. The summed E-state index contributed by atoms with van der Waals surface area (Å²) in [5, 5.41) is 23.6. The molecule has 1 aliphatic carbocycles. The summed E-state index contributed by atoms with van der Waals surface area (Å²) in [6, 6.07) is 9.39. The summed E-state index contributed by atoms with van der Waals surface area (Å²) in [5.41, 5.74) is -0.374. The molecule has 0 saturated heterocycles. The van der Waals surface area contributed by atoms with E-state index in [1.807, 2.05) is 26.0 Å². The van der Waals surface area contributed by atoms with E-state index < -0.39 is 22.7 Å². The molecule has 1 aromatic carbocycles. The van der Waals surface area contributed by atoms with Gasteiger partial charge in [-0.3, -0.25) is 4.79 Å². The van der Waals surface area contributed by atoms with Gasteiger partial charge in [-0.05, 0) is 54.5 Å². The van der Waals surface area contributed by atoms with E-state index in [-0.39, 0.29) is 5.92 Å². The Bertz CT molecular complexity index is 779. The van der Waals surface area contributed by atoms with Crippen molar-refractivity contribution in [3.63, 3.8) is 0 Å². The molecule has 3 atom stereocenters. The molecular formula is C18H18Br2N2O3. The van der Waals surface area contributed by atoms with Crippen molar-refractivity contribution < 1.29 is 14.7 Å². The molecule has 7 heteroatoms. The van der Waals surface area contributed by atoms with Gasteiger partial charge in [0, 0.05) is 5.92 Å². The maximum atomic E-state index is 12.3. The molecule has 0 bridgehead atoms. The Morgan fingerprint density at radius 2 is 2.16 bits per heavy atom. The lowest BCUT2D eigenvalue weighted by Gasteiger charge is -2.22. The fourth-order valence-corrected chi connectivity index (χ4v) is 4.29. The Morgan fingerprint density at radius 1 is 1.48 bits per heavy atom. The average molecular weight is 470 g/mol. The predicted molar refractivity (Wildman–Crippen MR) is 103 cm³/mol. The lowest BCUT2D eigenvalue weighted by Crippen LogP contribution is -2.28. The van der Waals surface area contributed by atoms with Crippen molar-refractivity contribution >= 4 is 44.0 Å². The van der Waals surface area contributed by atoms with Crippen LogP contribution in [-0.2, 0) is 9.63 Å².